The van der Waals surface area contributed by atoms with E-state index in [-0.39, 0.29) is 36.8 Å². The second-order valence-electron chi connectivity index (χ2n) is 9.92. The second-order valence-corrected chi connectivity index (χ2v) is 9.92. The predicted octanol–water partition coefficient (Wildman–Crippen LogP) is 4.86. The number of nitrogen functional groups attached to an aromatic ring is 1. The molecule has 0 bridgehead atoms. The molecule has 0 unspecified atom stereocenters. The van der Waals surface area contributed by atoms with Crippen molar-refractivity contribution in [2.24, 2.45) is 0 Å². The number of carbonyl (C=O) groups is 2. The minimum absolute atomic E-state index is 0.0941. The van der Waals surface area contributed by atoms with Crippen molar-refractivity contribution < 1.29 is 23.8 Å². The molecule has 0 saturated heterocycles. The Hall–Kier alpha value is -3.36. The van der Waals surface area contributed by atoms with E-state index in [4.69, 9.17) is 19.9 Å². The first-order valence-electron chi connectivity index (χ1n) is 13.0. The predicted molar refractivity (Wildman–Crippen MR) is 145 cm³/mol. The number of hydrogen-bond donors (Lipinski definition) is 2. The van der Waals surface area contributed by atoms with E-state index in [2.05, 4.69) is 22.2 Å². The highest BCUT2D eigenvalue weighted by Gasteiger charge is 2.23. The van der Waals surface area contributed by atoms with E-state index >= 15 is 0 Å². The number of anilines is 2. The summed E-state index contributed by atoms with van der Waals surface area (Å²) in [5.74, 6) is 0.789. The molecule has 0 aliphatic rings. The average Bonchev–Trinajstić information content (AvgIpc) is 2.82. The number of carbonyl (C=O) groups excluding carboxylic acids is 2. The maximum absolute atomic E-state index is 12.7. The summed E-state index contributed by atoms with van der Waals surface area (Å²) in [7, 11) is 1.63. The molecule has 0 radical (unpaired) electrons. The number of esters is 2. The van der Waals surface area contributed by atoms with Gasteiger partial charge in [-0.1, -0.05) is 38.0 Å². The van der Waals surface area contributed by atoms with Gasteiger partial charge in [0.25, 0.3) is 0 Å². The van der Waals surface area contributed by atoms with E-state index < -0.39 is 5.60 Å². The summed E-state index contributed by atoms with van der Waals surface area (Å²) in [6.07, 6.45) is 3.82. The van der Waals surface area contributed by atoms with E-state index in [0.717, 1.165) is 36.1 Å². The third-order valence-corrected chi connectivity index (χ3v) is 5.62. The van der Waals surface area contributed by atoms with Gasteiger partial charge in [0.05, 0.1) is 32.3 Å². The molecular weight excluding hydrogens is 472 g/mol. The van der Waals surface area contributed by atoms with Gasteiger partial charge in [0.1, 0.15) is 17.2 Å². The molecule has 9 heteroatoms. The molecule has 1 atom stereocenters. The van der Waals surface area contributed by atoms with E-state index in [9.17, 15) is 9.59 Å². The van der Waals surface area contributed by atoms with Gasteiger partial charge in [-0.15, -0.1) is 0 Å². The van der Waals surface area contributed by atoms with Crippen molar-refractivity contribution >= 4 is 23.7 Å². The monoisotopic (exact) mass is 514 g/mol. The van der Waals surface area contributed by atoms with Crippen LogP contribution < -0.4 is 15.8 Å². The Labute approximate surface area is 220 Å². The lowest BCUT2D eigenvalue weighted by atomic mass is 9.99. The van der Waals surface area contributed by atoms with Gasteiger partial charge in [-0.25, -0.2) is 4.98 Å². The van der Waals surface area contributed by atoms with E-state index in [1.165, 1.54) is 0 Å². The zero-order valence-corrected chi connectivity index (χ0v) is 23.1. The summed E-state index contributed by atoms with van der Waals surface area (Å²) in [4.78, 5) is 33.8. The van der Waals surface area contributed by atoms with E-state index in [1.54, 1.807) is 14.0 Å². The summed E-state index contributed by atoms with van der Waals surface area (Å²) >= 11 is 0. The Morgan fingerprint density at radius 2 is 1.84 bits per heavy atom. The highest BCUT2D eigenvalue weighted by Crippen LogP contribution is 2.29. The van der Waals surface area contributed by atoms with Crippen LogP contribution in [0.2, 0.25) is 0 Å². The van der Waals surface area contributed by atoms with Crippen molar-refractivity contribution in [3.8, 4) is 5.75 Å². The molecule has 9 nitrogen and oxygen atoms in total. The molecule has 0 aliphatic carbocycles. The lowest BCUT2D eigenvalue weighted by Crippen LogP contribution is -2.30. The number of rotatable bonds is 14. The summed E-state index contributed by atoms with van der Waals surface area (Å²) in [6, 6.07) is 7.51. The van der Waals surface area contributed by atoms with Crippen LogP contribution in [0.3, 0.4) is 0 Å². The van der Waals surface area contributed by atoms with Gasteiger partial charge in [-0.3, -0.25) is 9.59 Å². The number of nitrogens with zero attached hydrogens (tertiary/aromatic N) is 2. The van der Waals surface area contributed by atoms with E-state index in [1.807, 2.05) is 45.0 Å². The summed E-state index contributed by atoms with van der Waals surface area (Å²) in [5.41, 5.74) is 7.93. The van der Waals surface area contributed by atoms with Crippen LogP contribution in [0, 0.1) is 0 Å². The fourth-order valence-corrected chi connectivity index (χ4v) is 4.01. The SMILES string of the molecule is CCCC[C@@H](CC(=O)OC(C)(C)C)Nc1nc(N)nc(CCC(=O)OCC)c1Cc1ccccc1OC. The molecule has 37 heavy (non-hydrogen) atoms. The lowest BCUT2D eigenvalue weighted by Gasteiger charge is -2.25. The number of hydrogen-bond acceptors (Lipinski definition) is 9. The summed E-state index contributed by atoms with van der Waals surface area (Å²) in [6.45, 7) is 9.75. The molecule has 1 aromatic heterocycles. The molecule has 1 aromatic carbocycles. The minimum atomic E-state index is -0.568. The molecule has 0 fully saturated rings. The Balaban J connectivity index is 2.46. The third kappa shape index (κ3) is 10.3. The number of methoxy groups -OCH3 is 1. The second kappa shape index (κ2) is 14.4. The van der Waals surface area contributed by atoms with Crippen molar-refractivity contribution in [2.75, 3.05) is 24.8 Å². The van der Waals surface area contributed by atoms with Crippen molar-refractivity contribution in [3.05, 3.63) is 41.1 Å². The molecule has 204 valence electrons. The maximum atomic E-state index is 12.7. The average molecular weight is 515 g/mol. The molecule has 0 spiro atoms. The van der Waals surface area contributed by atoms with Crippen molar-refractivity contribution in [1.82, 2.24) is 9.97 Å². The number of aromatic nitrogens is 2. The quantitative estimate of drug-likeness (QED) is 0.340. The molecule has 3 N–H and O–H groups in total. The highest BCUT2D eigenvalue weighted by atomic mass is 16.6. The maximum Gasteiger partial charge on any atom is 0.308 e. The van der Waals surface area contributed by atoms with Crippen molar-refractivity contribution in [2.45, 2.75) is 91.2 Å². The smallest absolute Gasteiger partial charge is 0.308 e. The van der Waals surface area contributed by atoms with Crippen LogP contribution in [-0.2, 0) is 31.9 Å². The molecule has 2 rings (SSSR count). The van der Waals surface area contributed by atoms with E-state index in [0.29, 0.717) is 31.0 Å². The fourth-order valence-electron chi connectivity index (χ4n) is 4.01. The first-order valence-corrected chi connectivity index (χ1v) is 13.0. The first kappa shape index (κ1) is 29.9. The van der Waals surface area contributed by atoms with Crippen LogP contribution in [0.25, 0.3) is 0 Å². The largest absolute Gasteiger partial charge is 0.496 e. The van der Waals surface area contributed by atoms with Gasteiger partial charge >= 0.3 is 11.9 Å². The molecule has 0 amide bonds. The van der Waals surface area contributed by atoms with Gasteiger partial charge in [0, 0.05) is 24.4 Å². The lowest BCUT2D eigenvalue weighted by molar-refractivity contribution is -0.155. The number of nitrogens with two attached hydrogens (primary N) is 1. The standard InChI is InChI=1S/C28H42N4O5/c1-7-9-13-20(18-25(34)37-28(3,4)5)30-26-21(17-19-12-10-11-14-23(19)35-6)22(31-27(29)32-26)15-16-24(33)36-8-2/h10-12,14,20H,7-9,13,15-18H2,1-6H3,(H3,29,30,31,32)/t20-/m0/s1. The number of aryl methyl sites for hydroxylation is 1. The normalized spacial score (nSPS) is 12.1. The van der Waals surface area contributed by atoms with Crippen LogP contribution in [-0.4, -0.2) is 47.3 Å². The third-order valence-electron chi connectivity index (χ3n) is 5.62. The zero-order valence-electron chi connectivity index (χ0n) is 23.1. The molecule has 0 saturated carbocycles. The van der Waals surface area contributed by atoms with Gasteiger partial charge in [0.15, 0.2) is 0 Å². The molecule has 2 aromatic rings. The molecule has 1 heterocycles. The van der Waals surface area contributed by atoms with Crippen LogP contribution in [0.4, 0.5) is 11.8 Å². The number of benzene rings is 1. The Bertz CT molecular complexity index is 1040. The first-order chi connectivity index (χ1) is 17.6. The minimum Gasteiger partial charge on any atom is -0.496 e. The van der Waals surface area contributed by atoms with Crippen LogP contribution in [0.5, 0.6) is 5.75 Å². The zero-order chi connectivity index (χ0) is 27.4. The van der Waals surface area contributed by atoms with Gasteiger partial charge in [-0.05, 0) is 45.7 Å². The number of nitrogens with one attached hydrogen (secondary N) is 1. The molecular formula is C28H42N4O5. The summed E-state index contributed by atoms with van der Waals surface area (Å²) < 4.78 is 16.2. The van der Waals surface area contributed by atoms with Gasteiger partial charge < -0.3 is 25.3 Å². The van der Waals surface area contributed by atoms with Gasteiger partial charge in [0.2, 0.25) is 5.95 Å². The van der Waals surface area contributed by atoms with Crippen molar-refractivity contribution in [3.63, 3.8) is 0 Å². The highest BCUT2D eigenvalue weighted by molar-refractivity contribution is 5.71. The Morgan fingerprint density at radius 1 is 1.11 bits per heavy atom. The van der Waals surface area contributed by atoms with Crippen molar-refractivity contribution in [1.29, 1.82) is 0 Å². The Kier molecular flexibility index (Phi) is 11.6. The topological polar surface area (TPSA) is 126 Å². The van der Waals surface area contributed by atoms with Gasteiger partial charge in [-0.2, -0.15) is 4.98 Å². The van der Waals surface area contributed by atoms with Crippen LogP contribution in [0.1, 0.15) is 83.5 Å². The van der Waals surface area contributed by atoms with Crippen LogP contribution in [0.15, 0.2) is 24.3 Å². The fraction of sp³-hybridized carbons (Fsp3) is 0.571. The number of ether oxygens (including phenoxy) is 3. The Morgan fingerprint density at radius 3 is 2.49 bits per heavy atom. The number of unbranched alkanes of at least 4 members (excludes halogenated alkanes) is 1. The summed E-state index contributed by atoms with van der Waals surface area (Å²) in [5, 5.41) is 3.46. The molecule has 0 aliphatic heterocycles. The van der Waals surface area contributed by atoms with Crippen LogP contribution >= 0.6 is 0 Å². The number of para-hydroxylation sites is 1.